The molecular weight excluding hydrogens is 450 g/mol. The number of piperazine rings is 1. The Labute approximate surface area is 204 Å². The number of nitrogens with zero attached hydrogens (tertiary/aromatic N) is 3. The molecule has 34 heavy (non-hydrogen) atoms. The Morgan fingerprint density at radius 3 is 2.35 bits per heavy atom. The lowest BCUT2D eigenvalue weighted by Crippen LogP contribution is -2.51. The first-order chi connectivity index (χ1) is 16.4. The Morgan fingerprint density at radius 2 is 1.71 bits per heavy atom. The van der Waals surface area contributed by atoms with Crippen molar-refractivity contribution in [3.8, 4) is 5.75 Å². The van der Waals surface area contributed by atoms with Gasteiger partial charge in [0.25, 0.3) is 11.1 Å². The van der Waals surface area contributed by atoms with Crippen LogP contribution in [-0.2, 0) is 9.59 Å². The van der Waals surface area contributed by atoms with Crippen LogP contribution in [0.2, 0.25) is 0 Å². The van der Waals surface area contributed by atoms with Gasteiger partial charge >= 0.3 is 0 Å². The van der Waals surface area contributed by atoms with Crippen LogP contribution in [0.5, 0.6) is 5.75 Å². The van der Waals surface area contributed by atoms with Gasteiger partial charge in [-0.25, -0.2) is 0 Å². The third-order valence-corrected chi connectivity index (χ3v) is 6.92. The molecule has 2 heterocycles. The smallest absolute Gasteiger partial charge is 0.294 e. The molecule has 0 spiro atoms. The van der Waals surface area contributed by atoms with Gasteiger partial charge in [0.15, 0.2) is 0 Å². The number of anilines is 1. The zero-order valence-electron chi connectivity index (χ0n) is 19.5. The molecule has 3 amide bonds. The van der Waals surface area contributed by atoms with Crippen LogP contribution in [0, 0.1) is 0 Å². The van der Waals surface area contributed by atoms with E-state index in [4.69, 9.17) is 4.74 Å². The molecule has 2 saturated heterocycles. The number of ether oxygens (including phenoxy) is 1. The fourth-order valence-electron chi connectivity index (χ4n) is 3.83. The molecule has 0 aliphatic carbocycles. The van der Waals surface area contributed by atoms with Gasteiger partial charge in [0.1, 0.15) is 12.3 Å². The number of imide groups is 1. The lowest BCUT2D eigenvalue weighted by atomic mass is 10.2. The summed E-state index contributed by atoms with van der Waals surface area (Å²) in [6.45, 7) is 6.40. The second kappa shape index (κ2) is 10.8. The molecule has 1 atom stereocenters. The minimum absolute atomic E-state index is 0.126. The lowest BCUT2D eigenvalue weighted by Gasteiger charge is -2.36. The summed E-state index contributed by atoms with van der Waals surface area (Å²) in [5, 5.41) is -0.413. The molecule has 0 radical (unpaired) electrons. The minimum atomic E-state index is -0.425. The van der Waals surface area contributed by atoms with Gasteiger partial charge in [-0.05, 0) is 61.0 Å². The largest absolute Gasteiger partial charge is 0.491 e. The SMILES string of the molecule is CC[C@H](C)Oc1ccc(/C=C2/SC(=O)N(CC(=O)N3CCN(c4ccccc4)CC3)C2=O)cc1. The fourth-order valence-corrected chi connectivity index (χ4v) is 4.67. The molecule has 2 aromatic carbocycles. The first kappa shape index (κ1) is 23.9. The van der Waals surface area contributed by atoms with Crippen molar-refractivity contribution in [2.45, 2.75) is 26.4 Å². The molecule has 2 aromatic rings. The molecule has 0 saturated carbocycles. The van der Waals surface area contributed by atoms with Crippen molar-refractivity contribution in [3.63, 3.8) is 0 Å². The molecule has 8 heteroatoms. The average Bonchev–Trinajstić information content (AvgIpc) is 3.13. The van der Waals surface area contributed by atoms with Gasteiger partial charge in [-0.1, -0.05) is 37.3 Å². The van der Waals surface area contributed by atoms with Crippen LogP contribution in [0.4, 0.5) is 10.5 Å². The quantitative estimate of drug-likeness (QED) is 0.553. The number of amides is 3. The standard InChI is InChI=1S/C26H29N3O4S/c1-3-19(2)33-22-11-9-20(10-12-22)17-23-25(31)29(26(32)34-23)18-24(30)28-15-13-27(14-16-28)21-7-5-4-6-8-21/h4-12,17,19H,3,13-16,18H2,1-2H3/b23-17+/t19-/m0/s1. The van der Waals surface area contributed by atoms with Gasteiger partial charge in [-0.15, -0.1) is 0 Å². The summed E-state index contributed by atoms with van der Waals surface area (Å²) in [6, 6.07) is 17.5. The van der Waals surface area contributed by atoms with E-state index in [1.54, 1.807) is 11.0 Å². The van der Waals surface area contributed by atoms with Gasteiger partial charge in [0.2, 0.25) is 5.91 Å². The minimum Gasteiger partial charge on any atom is -0.491 e. The Morgan fingerprint density at radius 1 is 1.03 bits per heavy atom. The molecule has 0 bridgehead atoms. The molecule has 2 fully saturated rings. The lowest BCUT2D eigenvalue weighted by molar-refractivity contribution is -0.136. The normalized spacial score (nSPS) is 18.5. The summed E-state index contributed by atoms with van der Waals surface area (Å²) < 4.78 is 5.78. The van der Waals surface area contributed by atoms with Gasteiger partial charge < -0.3 is 14.5 Å². The van der Waals surface area contributed by atoms with Crippen LogP contribution in [0.15, 0.2) is 59.5 Å². The van der Waals surface area contributed by atoms with Crippen molar-refractivity contribution in [1.29, 1.82) is 0 Å². The number of carbonyl (C=O) groups is 3. The van der Waals surface area contributed by atoms with Crippen LogP contribution in [0.25, 0.3) is 6.08 Å². The van der Waals surface area contributed by atoms with Gasteiger partial charge in [-0.3, -0.25) is 19.3 Å². The van der Waals surface area contributed by atoms with E-state index in [1.807, 2.05) is 49.4 Å². The highest BCUT2D eigenvalue weighted by Crippen LogP contribution is 2.32. The van der Waals surface area contributed by atoms with Crippen LogP contribution < -0.4 is 9.64 Å². The second-order valence-corrected chi connectivity index (χ2v) is 9.37. The number of para-hydroxylation sites is 1. The van der Waals surface area contributed by atoms with Crippen LogP contribution in [0.1, 0.15) is 25.8 Å². The number of benzene rings is 2. The molecular formula is C26H29N3O4S. The number of hydrogen-bond acceptors (Lipinski definition) is 6. The summed E-state index contributed by atoms with van der Waals surface area (Å²) >= 11 is 0.870. The Balaban J connectivity index is 1.33. The van der Waals surface area contributed by atoms with Gasteiger partial charge in [0.05, 0.1) is 11.0 Å². The number of hydrogen-bond donors (Lipinski definition) is 0. The molecule has 0 N–H and O–H groups in total. The van der Waals surface area contributed by atoms with Crippen LogP contribution >= 0.6 is 11.8 Å². The molecule has 7 nitrogen and oxygen atoms in total. The van der Waals surface area contributed by atoms with Crippen molar-refractivity contribution >= 4 is 40.6 Å². The van der Waals surface area contributed by atoms with E-state index in [2.05, 4.69) is 24.0 Å². The number of thioether (sulfide) groups is 1. The monoisotopic (exact) mass is 479 g/mol. The molecule has 4 rings (SSSR count). The van der Waals surface area contributed by atoms with Crippen molar-refractivity contribution < 1.29 is 19.1 Å². The molecule has 0 aromatic heterocycles. The third-order valence-electron chi connectivity index (χ3n) is 6.01. The van der Waals surface area contributed by atoms with E-state index in [0.717, 1.165) is 40.1 Å². The van der Waals surface area contributed by atoms with Crippen molar-refractivity contribution in [2.24, 2.45) is 0 Å². The fraction of sp³-hybridized carbons (Fsp3) is 0.346. The maximum Gasteiger partial charge on any atom is 0.294 e. The summed E-state index contributed by atoms with van der Waals surface area (Å²) in [5.74, 6) is 0.131. The highest BCUT2D eigenvalue weighted by atomic mass is 32.2. The average molecular weight is 480 g/mol. The Bertz CT molecular complexity index is 1060. The topological polar surface area (TPSA) is 70.2 Å². The first-order valence-corrected chi connectivity index (χ1v) is 12.4. The summed E-state index contributed by atoms with van der Waals surface area (Å²) in [4.78, 5) is 43.5. The molecule has 2 aliphatic heterocycles. The third kappa shape index (κ3) is 5.62. The van der Waals surface area contributed by atoms with Gasteiger partial charge in [-0.2, -0.15) is 0 Å². The van der Waals surface area contributed by atoms with Crippen LogP contribution in [-0.4, -0.2) is 65.7 Å². The maximum atomic E-state index is 12.8. The zero-order chi connectivity index (χ0) is 24.1. The summed E-state index contributed by atoms with van der Waals surface area (Å²) in [6.07, 6.45) is 2.72. The van der Waals surface area contributed by atoms with E-state index in [9.17, 15) is 14.4 Å². The highest BCUT2D eigenvalue weighted by molar-refractivity contribution is 8.18. The Hall–Kier alpha value is -3.26. The summed E-state index contributed by atoms with van der Waals surface area (Å²) in [7, 11) is 0. The predicted molar refractivity (Wildman–Crippen MR) is 135 cm³/mol. The molecule has 2 aliphatic rings. The van der Waals surface area contributed by atoms with E-state index >= 15 is 0 Å². The van der Waals surface area contributed by atoms with E-state index in [-0.39, 0.29) is 18.6 Å². The van der Waals surface area contributed by atoms with Crippen LogP contribution in [0.3, 0.4) is 0 Å². The van der Waals surface area contributed by atoms with E-state index < -0.39 is 11.1 Å². The Kier molecular flexibility index (Phi) is 7.57. The first-order valence-electron chi connectivity index (χ1n) is 11.5. The van der Waals surface area contributed by atoms with E-state index in [1.165, 1.54) is 0 Å². The van der Waals surface area contributed by atoms with E-state index in [0.29, 0.717) is 31.1 Å². The number of rotatable bonds is 7. The second-order valence-electron chi connectivity index (χ2n) is 8.38. The summed E-state index contributed by atoms with van der Waals surface area (Å²) in [5.41, 5.74) is 1.93. The molecule has 178 valence electrons. The van der Waals surface area contributed by atoms with Crippen molar-refractivity contribution in [2.75, 3.05) is 37.6 Å². The van der Waals surface area contributed by atoms with Gasteiger partial charge in [0, 0.05) is 31.9 Å². The van der Waals surface area contributed by atoms with Crippen molar-refractivity contribution in [3.05, 3.63) is 65.1 Å². The number of carbonyl (C=O) groups excluding carboxylic acids is 3. The molecule has 0 unspecified atom stereocenters. The highest BCUT2D eigenvalue weighted by Gasteiger charge is 2.37. The maximum absolute atomic E-state index is 12.8. The van der Waals surface area contributed by atoms with Crippen molar-refractivity contribution in [1.82, 2.24) is 9.80 Å². The zero-order valence-corrected chi connectivity index (χ0v) is 20.3. The predicted octanol–water partition coefficient (Wildman–Crippen LogP) is 4.25.